The van der Waals surface area contributed by atoms with E-state index in [4.69, 9.17) is 0 Å². The van der Waals surface area contributed by atoms with Crippen LogP contribution in [-0.2, 0) is 14.8 Å². The molecular formula is C14H28N2O3S. The normalized spacial score (nSPS) is 16.6. The molecule has 6 heteroatoms. The molecule has 5 nitrogen and oxygen atoms in total. The van der Waals surface area contributed by atoms with Crippen LogP contribution < -0.4 is 0 Å². The Morgan fingerprint density at radius 2 is 1.75 bits per heavy atom. The Kier molecular flexibility index (Phi) is 7.51. The molecule has 0 unspecified atom stereocenters. The molecule has 0 aromatic carbocycles. The zero-order valence-corrected chi connectivity index (χ0v) is 13.6. The molecule has 0 saturated carbocycles. The zero-order chi connectivity index (χ0) is 15.0. The molecule has 1 fully saturated rings. The lowest BCUT2D eigenvalue weighted by molar-refractivity contribution is -0.132. The van der Waals surface area contributed by atoms with Gasteiger partial charge in [0, 0.05) is 32.6 Å². The van der Waals surface area contributed by atoms with Gasteiger partial charge in [-0.25, -0.2) is 12.7 Å². The van der Waals surface area contributed by atoms with Crippen molar-refractivity contribution in [2.24, 2.45) is 0 Å². The highest BCUT2D eigenvalue weighted by atomic mass is 32.2. The first-order valence-corrected chi connectivity index (χ1v) is 9.53. The number of unbranched alkanes of at least 4 members (excludes halogenated alkanes) is 2. The van der Waals surface area contributed by atoms with E-state index in [1.165, 1.54) is 17.0 Å². The van der Waals surface area contributed by atoms with Crippen LogP contribution in [-0.4, -0.2) is 56.0 Å². The average Bonchev–Trinajstić information content (AvgIpc) is 2.42. The first-order valence-electron chi connectivity index (χ1n) is 7.68. The van der Waals surface area contributed by atoms with Gasteiger partial charge in [-0.1, -0.05) is 19.8 Å². The molecule has 0 aliphatic carbocycles. The van der Waals surface area contributed by atoms with Gasteiger partial charge in [-0.3, -0.25) is 4.79 Å². The van der Waals surface area contributed by atoms with Crippen molar-refractivity contribution in [2.45, 2.75) is 51.9 Å². The van der Waals surface area contributed by atoms with E-state index in [-0.39, 0.29) is 5.91 Å². The molecule has 0 radical (unpaired) electrons. The minimum absolute atomic E-state index is 0.0915. The largest absolute Gasteiger partial charge is 0.343 e. The molecular weight excluding hydrogens is 276 g/mol. The Morgan fingerprint density at radius 1 is 1.10 bits per heavy atom. The molecule has 20 heavy (non-hydrogen) atoms. The van der Waals surface area contributed by atoms with Crippen LogP contribution in [0, 0.1) is 0 Å². The highest BCUT2D eigenvalue weighted by Gasteiger charge is 2.20. The summed E-state index contributed by atoms with van der Waals surface area (Å²) >= 11 is 0. The molecule has 1 saturated heterocycles. The Balaban J connectivity index is 2.42. The third kappa shape index (κ3) is 6.22. The van der Waals surface area contributed by atoms with Crippen molar-refractivity contribution in [3.63, 3.8) is 0 Å². The number of nitrogens with zero attached hydrogens (tertiary/aromatic N) is 2. The van der Waals surface area contributed by atoms with Crippen molar-refractivity contribution in [3.05, 3.63) is 0 Å². The Hall–Kier alpha value is -0.620. The van der Waals surface area contributed by atoms with Gasteiger partial charge >= 0.3 is 0 Å². The fourth-order valence-corrected chi connectivity index (χ4v) is 3.39. The first kappa shape index (κ1) is 17.4. The number of hydrogen-bond donors (Lipinski definition) is 0. The summed E-state index contributed by atoms with van der Waals surface area (Å²) < 4.78 is 24.9. The number of piperidine rings is 1. The van der Waals surface area contributed by atoms with Crippen molar-refractivity contribution in [1.82, 2.24) is 9.21 Å². The van der Waals surface area contributed by atoms with Gasteiger partial charge in [-0.15, -0.1) is 0 Å². The molecule has 1 heterocycles. The molecule has 0 N–H and O–H groups in total. The highest BCUT2D eigenvalue weighted by molar-refractivity contribution is 7.88. The number of carbonyl (C=O) groups is 1. The fraction of sp³-hybridized carbons (Fsp3) is 0.929. The minimum atomic E-state index is -3.21. The Labute approximate surface area is 123 Å². The molecule has 0 aromatic rings. The predicted octanol–water partition coefficient (Wildman–Crippen LogP) is 1.84. The third-order valence-corrected chi connectivity index (χ3v) is 5.07. The second kappa shape index (κ2) is 8.62. The van der Waals surface area contributed by atoms with E-state index >= 15 is 0 Å². The van der Waals surface area contributed by atoms with Crippen LogP contribution in [0.4, 0.5) is 0 Å². The maximum absolute atomic E-state index is 12.1. The summed E-state index contributed by atoms with van der Waals surface area (Å²) in [6, 6.07) is 0. The monoisotopic (exact) mass is 304 g/mol. The number of amides is 1. The first-order chi connectivity index (χ1) is 9.45. The summed E-state index contributed by atoms with van der Waals surface area (Å²) in [5.74, 6) is 0.0915. The van der Waals surface area contributed by atoms with E-state index in [0.29, 0.717) is 19.5 Å². The number of sulfonamides is 1. The van der Waals surface area contributed by atoms with E-state index in [2.05, 4.69) is 6.92 Å². The summed E-state index contributed by atoms with van der Waals surface area (Å²) in [5, 5.41) is 0. The van der Waals surface area contributed by atoms with Gasteiger partial charge in [-0.2, -0.15) is 0 Å². The second-order valence-electron chi connectivity index (χ2n) is 5.56. The van der Waals surface area contributed by atoms with Crippen LogP contribution in [0.2, 0.25) is 0 Å². The van der Waals surface area contributed by atoms with E-state index in [1.54, 1.807) is 0 Å². The van der Waals surface area contributed by atoms with Crippen molar-refractivity contribution in [3.8, 4) is 0 Å². The standard InChI is InChI=1S/C14H28N2O3S/c1-3-4-6-12-16(20(2,18)19)13-9-14(17)15-10-7-5-8-11-15/h3-13H2,1-2H3. The number of rotatable bonds is 8. The predicted molar refractivity (Wildman–Crippen MR) is 81.0 cm³/mol. The SMILES string of the molecule is CCCCCN(CCC(=O)N1CCCCC1)S(C)(=O)=O. The van der Waals surface area contributed by atoms with E-state index in [1.807, 2.05) is 4.90 Å². The molecule has 1 amide bonds. The lowest BCUT2D eigenvalue weighted by atomic mass is 10.1. The number of likely N-dealkylation sites (tertiary alicyclic amines) is 1. The van der Waals surface area contributed by atoms with E-state index in [0.717, 1.165) is 45.2 Å². The second-order valence-corrected chi connectivity index (χ2v) is 7.54. The highest BCUT2D eigenvalue weighted by Crippen LogP contribution is 2.11. The van der Waals surface area contributed by atoms with E-state index in [9.17, 15) is 13.2 Å². The summed E-state index contributed by atoms with van der Waals surface area (Å²) in [7, 11) is -3.21. The van der Waals surface area contributed by atoms with Crippen LogP contribution >= 0.6 is 0 Å². The molecule has 0 atom stereocenters. The van der Waals surface area contributed by atoms with E-state index < -0.39 is 10.0 Å². The van der Waals surface area contributed by atoms with Gasteiger partial charge in [0.1, 0.15) is 0 Å². The van der Waals surface area contributed by atoms with Gasteiger partial charge < -0.3 is 4.90 Å². The number of carbonyl (C=O) groups excluding carboxylic acids is 1. The quantitative estimate of drug-likeness (QED) is 0.643. The van der Waals surface area contributed by atoms with Gasteiger partial charge in [0.2, 0.25) is 15.9 Å². The van der Waals surface area contributed by atoms with Gasteiger partial charge in [0.15, 0.2) is 0 Å². The summed E-state index contributed by atoms with van der Waals surface area (Å²) in [6.07, 6.45) is 7.80. The van der Waals surface area contributed by atoms with Crippen LogP contribution in [0.1, 0.15) is 51.9 Å². The molecule has 118 valence electrons. The summed E-state index contributed by atoms with van der Waals surface area (Å²) in [5.41, 5.74) is 0. The Bertz CT molecular complexity index is 389. The molecule has 1 aliphatic rings. The molecule has 0 aromatic heterocycles. The van der Waals surface area contributed by atoms with Crippen molar-refractivity contribution < 1.29 is 13.2 Å². The van der Waals surface area contributed by atoms with Crippen LogP contribution in [0.3, 0.4) is 0 Å². The summed E-state index contributed by atoms with van der Waals surface area (Å²) in [4.78, 5) is 13.9. The molecule has 0 spiro atoms. The van der Waals surface area contributed by atoms with Crippen LogP contribution in [0.25, 0.3) is 0 Å². The zero-order valence-electron chi connectivity index (χ0n) is 12.8. The summed E-state index contributed by atoms with van der Waals surface area (Å²) in [6.45, 7) is 4.59. The van der Waals surface area contributed by atoms with Gasteiger partial charge in [0.25, 0.3) is 0 Å². The molecule has 1 rings (SSSR count). The molecule has 1 aliphatic heterocycles. The van der Waals surface area contributed by atoms with Crippen LogP contribution in [0.5, 0.6) is 0 Å². The topological polar surface area (TPSA) is 57.7 Å². The average molecular weight is 304 g/mol. The van der Waals surface area contributed by atoms with Gasteiger partial charge in [0.05, 0.1) is 6.26 Å². The smallest absolute Gasteiger partial charge is 0.223 e. The van der Waals surface area contributed by atoms with Crippen molar-refractivity contribution >= 4 is 15.9 Å². The lowest BCUT2D eigenvalue weighted by Crippen LogP contribution is -2.39. The van der Waals surface area contributed by atoms with Crippen molar-refractivity contribution in [2.75, 3.05) is 32.4 Å². The minimum Gasteiger partial charge on any atom is -0.343 e. The van der Waals surface area contributed by atoms with Gasteiger partial charge in [-0.05, 0) is 25.7 Å². The third-order valence-electron chi connectivity index (χ3n) is 3.76. The maximum atomic E-state index is 12.1. The number of hydrogen-bond acceptors (Lipinski definition) is 3. The lowest BCUT2D eigenvalue weighted by Gasteiger charge is -2.28. The maximum Gasteiger partial charge on any atom is 0.223 e. The Morgan fingerprint density at radius 3 is 2.30 bits per heavy atom. The fourth-order valence-electron chi connectivity index (χ4n) is 2.50. The van der Waals surface area contributed by atoms with Crippen LogP contribution in [0.15, 0.2) is 0 Å². The van der Waals surface area contributed by atoms with Crippen molar-refractivity contribution in [1.29, 1.82) is 0 Å². The molecule has 0 bridgehead atoms.